The third-order valence-electron chi connectivity index (χ3n) is 4.85. The average molecular weight is 417 g/mol. The number of benzene rings is 2. The minimum absolute atomic E-state index is 0.224. The first-order valence-electron chi connectivity index (χ1n) is 10.4. The average Bonchev–Trinajstić information content (AvgIpc) is 2.79. The summed E-state index contributed by atoms with van der Waals surface area (Å²) in [7, 11) is 1.62. The standard InChI is InChI=1S/C23H32N2O5/c1-27-23-15-19(16-24-9-12-29-21-5-3-2-4-6-21)7-8-22(23)30-18-20(26)17-25-10-13-28-14-11-25/h2-8,15,20,24,26H,9-14,16-18H2,1H3/t20-/m1/s1. The molecule has 0 saturated carbocycles. The van der Waals surface area contributed by atoms with E-state index in [0.717, 1.165) is 44.2 Å². The maximum Gasteiger partial charge on any atom is 0.161 e. The van der Waals surface area contributed by atoms with Gasteiger partial charge in [0.2, 0.25) is 0 Å². The number of para-hydroxylation sites is 1. The van der Waals surface area contributed by atoms with Gasteiger partial charge < -0.3 is 29.4 Å². The van der Waals surface area contributed by atoms with E-state index in [4.69, 9.17) is 18.9 Å². The zero-order chi connectivity index (χ0) is 21.0. The molecule has 0 aliphatic carbocycles. The van der Waals surface area contributed by atoms with E-state index in [2.05, 4.69) is 10.2 Å². The van der Waals surface area contributed by atoms with Gasteiger partial charge in [-0.3, -0.25) is 4.90 Å². The Hall–Kier alpha value is -2.32. The van der Waals surface area contributed by atoms with Crippen LogP contribution in [0.2, 0.25) is 0 Å². The van der Waals surface area contributed by atoms with Crippen LogP contribution in [0.4, 0.5) is 0 Å². The van der Waals surface area contributed by atoms with Crippen molar-refractivity contribution in [2.75, 3.05) is 59.7 Å². The Labute approximate surface area is 178 Å². The van der Waals surface area contributed by atoms with E-state index in [1.807, 2.05) is 48.5 Å². The maximum absolute atomic E-state index is 10.3. The highest BCUT2D eigenvalue weighted by Gasteiger charge is 2.16. The Morgan fingerprint density at radius 1 is 1.07 bits per heavy atom. The number of aliphatic hydroxyl groups excluding tert-OH is 1. The quantitative estimate of drug-likeness (QED) is 0.512. The van der Waals surface area contributed by atoms with Crippen molar-refractivity contribution in [2.24, 2.45) is 0 Å². The Bertz CT molecular complexity index is 738. The molecule has 164 valence electrons. The molecule has 0 bridgehead atoms. The third-order valence-corrected chi connectivity index (χ3v) is 4.85. The van der Waals surface area contributed by atoms with Gasteiger partial charge >= 0.3 is 0 Å². The van der Waals surface area contributed by atoms with Gasteiger partial charge in [0, 0.05) is 32.7 Å². The second kappa shape index (κ2) is 12.4. The van der Waals surface area contributed by atoms with Crippen LogP contribution in [0.15, 0.2) is 48.5 Å². The first-order chi connectivity index (χ1) is 14.7. The lowest BCUT2D eigenvalue weighted by molar-refractivity contribution is 0.00445. The van der Waals surface area contributed by atoms with Crippen LogP contribution < -0.4 is 19.5 Å². The zero-order valence-electron chi connectivity index (χ0n) is 17.6. The molecule has 1 saturated heterocycles. The van der Waals surface area contributed by atoms with Crippen molar-refractivity contribution in [1.82, 2.24) is 10.2 Å². The molecule has 0 unspecified atom stereocenters. The molecule has 1 fully saturated rings. The first-order valence-corrected chi connectivity index (χ1v) is 10.4. The largest absolute Gasteiger partial charge is 0.493 e. The van der Waals surface area contributed by atoms with Crippen LogP contribution >= 0.6 is 0 Å². The Morgan fingerprint density at radius 2 is 1.87 bits per heavy atom. The summed E-state index contributed by atoms with van der Waals surface area (Å²) in [6.45, 7) is 5.98. The summed E-state index contributed by atoms with van der Waals surface area (Å²) in [6.07, 6.45) is -0.557. The van der Waals surface area contributed by atoms with Gasteiger partial charge in [-0.1, -0.05) is 24.3 Å². The number of nitrogens with zero attached hydrogens (tertiary/aromatic N) is 1. The molecule has 2 aromatic rings. The summed E-state index contributed by atoms with van der Waals surface area (Å²) in [5.41, 5.74) is 1.09. The number of hydrogen-bond acceptors (Lipinski definition) is 7. The highest BCUT2D eigenvalue weighted by molar-refractivity contribution is 5.43. The fourth-order valence-electron chi connectivity index (χ4n) is 3.25. The molecule has 2 N–H and O–H groups in total. The maximum atomic E-state index is 10.3. The lowest BCUT2D eigenvalue weighted by Gasteiger charge is -2.28. The molecule has 0 radical (unpaired) electrons. The molecule has 3 rings (SSSR count). The molecule has 1 heterocycles. The molecule has 1 aliphatic rings. The molecule has 1 aliphatic heterocycles. The Morgan fingerprint density at radius 3 is 2.63 bits per heavy atom. The molecule has 0 aromatic heterocycles. The minimum atomic E-state index is -0.557. The van der Waals surface area contributed by atoms with Crippen molar-refractivity contribution >= 4 is 0 Å². The molecule has 0 spiro atoms. The van der Waals surface area contributed by atoms with Crippen molar-refractivity contribution in [3.8, 4) is 17.2 Å². The minimum Gasteiger partial charge on any atom is -0.493 e. The topological polar surface area (TPSA) is 72.4 Å². The SMILES string of the molecule is COc1cc(CNCCOc2ccccc2)ccc1OC[C@H](O)CN1CCOCC1. The third kappa shape index (κ3) is 7.50. The van der Waals surface area contributed by atoms with Crippen molar-refractivity contribution in [2.45, 2.75) is 12.6 Å². The number of rotatable bonds is 12. The summed E-state index contributed by atoms with van der Waals surface area (Å²) in [5, 5.41) is 13.6. The summed E-state index contributed by atoms with van der Waals surface area (Å²) >= 11 is 0. The molecule has 7 heteroatoms. The smallest absolute Gasteiger partial charge is 0.161 e. The molecule has 2 aromatic carbocycles. The highest BCUT2D eigenvalue weighted by atomic mass is 16.5. The second-order valence-electron chi connectivity index (χ2n) is 7.20. The van der Waals surface area contributed by atoms with Crippen LogP contribution in [0, 0.1) is 0 Å². The number of β-amino-alcohol motifs (C(OH)–C–C–N with tert-alkyl or cyclic N) is 1. The molecular weight excluding hydrogens is 384 g/mol. The van der Waals surface area contributed by atoms with Gasteiger partial charge in [0.05, 0.1) is 20.3 Å². The molecule has 7 nitrogen and oxygen atoms in total. The van der Waals surface area contributed by atoms with Crippen LogP contribution in [-0.2, 0) is 11.3 Å². The zero-order valence-corrected chi connectivity index (χ0v) is 17.6. The van der Waals surface area contributed by atoms with Gasteiger partial charge in [-0.05, 0) is 29.8 Å². The lowest BCUT2D eigenvalue weighted by atomic mass is 10.2. The monoisotopic (exact) mass is 416 g/mol. The van der Waals surface area contributed by atoms with E-state index < -0.39 is 6.10 Å². The first kappa shape index (κ1) is 22.4. The number of aliphatic hydroxyl groups is 1. The van der Waals surface area contributed by atoms with Crippen LogP contribution in [0.1, 0.15) is 5.56 Å². The van der Waals surface area contributed by atoms with Crippen LogP contribution in [0.3, 0.4) is 0 Å². The van der Waals surface area contributed by atoms with E-state index in [9.17, 15) is 5.11 Å². The number of methoxy groups -OCH3 is 1. The lowest BCUT2D eigenvalue weighted by Crippen LogP contribution is -2.42. The van der Waals surface area contributed by atoms with Crippen molar-refractivity contribution in [3.63, 3.8) is 0 Å². The Kier molecular flexibility index (Phi) is 9.24. The van der Waals surface area contributed by atoms with Gasteiger partial charge in [0.15, 0.2) is 11.5 Å². The van der Waals surface area contributed by atoms with Gasteiger partial charge in [-0.2, -0.15) is 0 Å². The van der Waals surface area contributed by atoms with E-state index >= 15 is 0 Å². The molecular formula is C23H32N2O5. The van der Waals surface area contributed by atoms with Crippen LogP contribution in [0.5, 0.6) is 17.2 Å². The van der Waals surface area contributed by atoms with Gasteiger partial charge in [-0.15, -0.1) is 0 Å². The second-order valence-corrected chi connectivity index (χ2v) is 7.20. The van der Waals surface area contributed by atoms with Crippen molar-refractivity contribution < 1.29 is 24.1 Å². The van der Waals surface area contributed by atoms with Gasteiger partial charge in [0.1, 0.15) is 25.1 Å². The molecule has 30 heavy (non-hydrogen) atoms. The predicted molar refractivity (Wildman–Crippen MR) is 115 cm³/mol. The number of hydrogen-bond donors (Lipinski definition) is 2. The summed E-state index contributed by atoms with van der Waals surface area (Å²) < 4.78 is 22.3. The van der Waals surface area contributed by atoms with E-state index in [-0.39, 0.29) is 6.61 Å². The van der Waals surface area contributed by atoms with Crippen LogP contribution in [0.25, 0.3) is 0 Å². The molecule has 0 amide bonds. The summed E-state index contributed by atoms with van der Waals surface area (Å²) in [4.78, 5) is 2.19. The van der Waals surface area contributed by atoms with E-state index in [1.54, 1.807) is 7.11 Å². The van der Waals surface area contributed by atoms with E-state index in [0.29, 0.717) is 31.2 Å². The summed E-state index contributed by atoms with van der Waals surface area (Å²) in [5.74, 6) is 2.17. The number of morpholine rings is 1. The van der Waals surface area contributed by atoms with E-state index in [1.165, 1.54) is 0 Å². The fraction of sp³-hybridized carbons (Fsp3) is 0.478. The summed E-state index contributed by atoms with van der Waals surface area (Å²) in [6, 6.07) is 15.6. The Balaban J connectivity index is 1.39. The van der Waals surface area contributed by atoms with Gasteiger partial charge in [-0.25, -0.2) is 0 Å². The number of ether oxygens (including phenoxy) is 4. The molecule has 1 atom stereocenters. The van der Waals surface area contributed by atoms with Crippen molar-refractivity contribution in [1.29, 1.82) is 0 Å². The normalized spacial score (nSPS) is 15.5. The van der Waals surface area contributed by atoms with Crippen molar-refractivity contribution in [3.05, 3.63) is 54.1 Å². The highest BCUT2D eigenvalue weighted by Crippen LogP contribution is 2.28. The fourth-order valence-corrected chi connectivity index (χ4v) is 3.25. The van der Waals surface area contributed by atoms with Crippen LogP contribution in [-0.4, -0.2) is 75.8 Å². The number of nitrogens with one attached hydrogen (secondary N) is 1. The van der Waals surface area contributed by atoms with Gasteiger partial charge in [0.25, 0.3) is 0 Å². The predicted octanol–water partition coefficient (Wildman–Crippen LogP) is 1.94.